The highest BCUT2D eigenvalue weighted by molar-refractivity contribution is 5.31. The van der Waals surface area contributed by atoms with Crippen LogP contribution in [-0.2, 0) is 0 Å². The number of rotatable bonds is 6. The van der Waals surface area contributed by atoms with Gasteiger partial charge in [0.1, 0.15) is 5.75 Å². The first-order valence-electron chi connectivity index (χ1n) is 7.48. The summed E-state index contributed by atoms with van der Waals surface area (Å²) in [4.78, 5) is 0. The highest BCUT2D eigenvalue weighted by Crippen LogP contribution is 2.25. The summed E-state index contributed by atoms with van der Waals surface area (Å²) in [5.74, 6) is 1.44. The van der Waals surface area contributed by atoms with Crippen LogP contribution in [0.15, 0.2) is 24.3 Å². The van der Waals surface area contributed by atoms with Gasteiger partial charge in [0.05, 0.1) is 25.4 Å². The molecule has 112 valence electrons. The first-order valence-corrected chi connectivity index (χ1v) is 7.48. The van der Waals surface area contributed by atoms with Crippen molar-refractivity contribution in [2.75, 3.05) is 13.2 Å². The van der Waals surface area contributed by atoms with Gasteiger partial charge in [-0.15, -0.1) is 0 Å². The van der Waals surface area contributed by atoms with E-state index in [1.54, 1.807) is 0 Å². The molecule has 0 heterocycles. The van der Waals surface area contributed by atoms with Crippen LogP contribution in [0.5, 0.6) is 5.75 Å². The Morgan fingerprint density at radius 2 is 2.00 bits per heavy atom. The molecule has 1 aromatic rings. The lowest BCUT2D eigenvalue weighted by Gasteiger charge is -2.22. The average molecular weight is 279 g/mol. The van der Waals surface area contributed by atoms with Crippen LogP contribution in [0.25, 0.3) is 0 Å². The van der Waals surface area contributed by atoms with E-state index in [0.29, 0.717) is 5.92 Å². The Morgan fingerprint density at radius 1 is 1.25 bits per heavy atom. The lowest BCUT2D eigenvalue weighted by atomic mass is 9.90. The summed E-state index contributed by atoms with van der Waals surface area (Å²) < 4.78 is 5.85. The number of benzene rings is 1. The third-order valence-corrected chi connectivity index (χ3v) is 4.06. The molecule has 0 bridgehead atoms. The van der Waals surface area contributed by atoms with Crippen molar-refractivity contribution in [3.05, 3.63) is 29.8 Å². The third kappa shape index (κ3) is 4.20. The van der Waals surface area contributed by atoms with Gasteiger partial charge in [0.15, 0.2) is 0 Å². The average Bonchev–Trinajstić information content (AvgIpc) is 2.52. The summed E-state index contributed by atoms with van der Waals surface area (Å²) in [5.41, 5.74) is 6.68. The maximum absolute atomic E-state index is 9.59. The Morgan fingerprint density at radius 3 is 2.70 bits per heavy atom. The molecule has 1 aromatic carbocycles. The second-order valence-electron chi connectivity index (χ2n) is 5.66. The topological polar surface area (TPSA) is 75.7 Å². The molecule has 4 N–H and O–H groups in total. The van der Waals surface area contributed by atoms with Crippen LogP contribution >= 0.6 is 0 Å². The van der Waals surface area contributed by atoms with E-state index in [-0.39, 0.29) is 6.61 Å². The van der Waals surface area contributed by atoms with Crippen LogP contribution in [0.2, 0.25) is 0 Å². The number of hydrogen-bond acceptors (Lipinski definition) is 4. The first kappa shape index (κ1) is 15.3. The molecule has 4 heteroatoms. The standard InChI is InChI=1S/C16H25NO3/c17-16(15(19)10-18)13-7-4-8-14(9-13)20-11-12-5-2-1-3-6-12/h4,7-9,12,15-16,18-19H,1-3,5-6,10-11,17H2/t15-,16?/m0/s1. The second-order valence-corrected chi connectivity index (χ2v) is 5.66. The van der Waals surface area contributed by atoms with Gasteiger partial charge in [-0.2, -0.15) is 0 Å². The Labute approximate surface area is 120 Å². The predicted octanol–water partition coefficient (Wildman–Crippen LogP) is 2.00. The van der Waals surface area contributed by atoms with Crippen molar-refractivity contribution in [1.82, 2.24) is 0 Å². The molecule has 2 rings (SSSR count). The number of nitrogens with two attached hydrogens (primary N) is 1. The molecule has 0 saturated heterocycles. The maximum Gasteiger partial charge on any atom is 0.119 e. The lowest BCUT2D eigenvalue weighted by molar-refractivity contribution is 0.0740. The van der Waals surface area contributed by atoms with E-state index in [9.17, 15) is 5.11 Å². The third-order valence-electron chi connectivity index (χ3n) is 4.06. The Kier molecular flexibility index (Phi) is 5.83. The van der Waals surface area contributed by atoms with Gasteiger partial charge in [-0.3, -0.25) is 0 Å². The predicted molar refractivity (Wildman–Crippen MR) is 78.5 cm³/mol. The zero-order valence-electron chi connectivity index (χ0n) is 11.9. The van der Waals surface area contributed by atoms with Gasteiger partial charge in [0.2, 0.25) is 0 Å². The summed E-state index contributed by atoms with van der Waals surface area (Å²) in [6.07, 6.45) is 5.53. The smallest absolute Gasteiger partial charge is 0.119 e. The fourth-order valence-electron chi connectivity index (χ4n) is 2.72. The van der Waals surface area contributed by atoms with Crippen molar-refractivity contribution in [2.24, 2.45) is 11.7 Å². The van der Waals surface area contributed by atoms with Crippen LogP contribution in [0.1, 0.15) is 43.7 Å². The van der Waals surface area contributed by atoms with E-state index in [0.717, 1.165) is 17.9 Å². The van der Waals surface area contributed by atoms with Crippen molar-refractivity contribution >= 4 is 0 Å². The van der Waals surface area contributed by atoms with E-state index < -0.39 is 12.1 Å². The van der Waals surface area contributed by atoms with E-state index >= 15 is 0 Å². The van der Waals surface area contributed by atoms with Gasteiger partial charge in [0, 0.05) is 0 Å². The van der Waals surface area contributed by atoms with Crippen molar-refractivity contribution in [2.45, 2.75) is 44.2 Å². The molecule has 0 radical (unpaired) electrons. The van der Waals surface area contributed by atoms with E-state index in [1.165, 1.54) is 32.1 Å². The lowest BCUT2D eigenvalue weighted by Crippen LogP contribution is -2.29. The quantitative estimate of drug-likeness (QED) is 0.744. The molecule has 1 aliphatic rings. The molecule has 1 unspecified atom stereocenters. The zero-order valence-corrected chi connectivity index (χ0v) is 11.9. The molecule has 2 atom stereocenters. The molecule has 0 aromatic heterocycles. The molecule has 1 aliphatic carbocycles. The molecule has 1 fully saturated rings. The Balaban J connectivity index is 1.91. The van der Waals surface area contributed by atoms with E-state index in [4.69, 9.17) is 15.6 Å². The van der Waals surface area contributed by atoms with Gasteiger partial charge in [-0.1, -0.05) is 31.4 Å². The van der Waals surface area contributed by atoms with Gasteiger partial charge >= 0.3 is 0 Å². The van der Waals surface area contributed by atoms with E-state index in [1.807, 2.05) is 24.3 Å². The number of ether oxygens (including phenoxy) is 1. The highest BCUT2D eigenvalue weighted by atomic mass is 16.5. The Bertz CT molecular complexity index is 404. The summed E-state index contributed by atoms with van der Waals surface area (Å²) in [6.45, 7) is 0.412. The SMILES string of the molecule is NC(c1cccc(OCC2CCCCC2)c1)[C@@H](O)CO. The zero-order chi connectivity index (χ0) is 14.4. The molecule has 0 aliphatic heterocycles. The largest absolute Gasteiger partial charge is 0.493 e. The van der Waals surface area contributed by atoms with Crippen LogP contribution < -0.4 is 10.5 Å². The highest BCUT2D eigenvalue weighted by Gasteiger charge is 2.17. The molecule has 0 amide bonds. The maximum atomic E-state index is 9.59. The molecular formula is C16H25NO3. The van der Waals surface area contributed by atoms with Gasteiger partial charge in [-0.05, 0) is 36.5 Å². The van der Waals surface area contributed by atoms with Crippen LogP contribution in [0, 0.1) is 5.92 Å². The molecule has 4 nitrogen and oxygen atoms in total. The van der Waals surface area contributed by atoms with Crippen molar-refractivity contribution in [1.29, 1.82) is 0 Å². The van der Waals surface area contributed by atoms with Crippen molar-refractivity contribution in [3.8, 4) is 5.75 Å². The minimum Gasteiger partial charge on any atom is -0.493 e. The van der Waals surface area contributed by atoms with Crippen LogP contribution in [0.3, 0.4) is 0 Å². The second kappa shape index (κ2) is 7.62. The van der Waals surface area contributed by atoms with Gasteiger partial charge in [-0.25, -0.2) is 0 Å². The van der Waals surface area contributed by atoms with E-state index in [2.05, 4.69) is 0 Å². The van der Waals surface area contributed by atoms with Crippen molar-refractivity contribution < 1.29 is 14.9 Å². The minimum absolute atomic E-state index is 0.339. The fraction of sp³-hybridized carbons (Fsp3) is 0.625. The summed E-state index contributed by atoms with van der Waals surface area (Å²) in [6, 6.07) is 6.89. The number of hydrogen-bond donors (Lipinski definition) is 3. The minimum atomic E-state index is -0.941. The fourth-order valence-corrected chi connectivity index (χ4v) is 2.72. The van der Waals surface area contributed by atoms with Gasteiger partial charge in [0.25, 0.3) is 0 Å². The number of aliphatic hydroxyl groups excluding tert-OH is 2. The normalized spacial score (nSPS) is 19.6. The Hall–Kier alpha value is -1.10. The summed E-state index contributed by atoms with van der Waals surface area (Å²) >= 11 is 0. The first-order chi connectivity index (χ1) is 9.70. The van der Waals surface area contributed by atoms with Crippen LogP contribution in [0.4, 0.5) is 0 Å². The number of aliphatic hydroxyl groups is 2. The summed E-state index contributed by atoms with van der Waals surface area (Å²) in [5, 5.41) is 18.5. The summed E-state index contributed by atoms with van der Waals surface area (Å²) in [7, 11) is 0. The molecular weight excluding hydrogens is 254 g/mol. The van der Waals surface area contributed by atoms with Crippen LogP contribution in [-0.4, -0.2) is 29.5 Å². The monoisotopic (exact) mass is 279 g/mol. The molecule has 1 saturated carbocycles. The molecule has 0 spiro atoms. The molecule has 20 heavy (non-hydrogen) atoms. The van der Waals surface area contributed by atoms with Gasteiger partial charge < -0.3 is 20.7 Å². The van der Waals surface area contributed by atoms with Crippen molar-refractivity contribution in [3.63, 3.8) is 0 Å².